The SMILES string of the molecule is CC(C)c1ccc[c-]1C(C)C.[Co].[cH-]1[cH-][cH-][cH-][cH-]1. The summed E-state index contributed by atoms with van der Waals surface area (Å²) in [5, 5.41) is 0. The van der Waals surface area contributed by atoms with Crippen molar-refractivity contribution < 1.29 is 16.8 Å². The molecule has 0 spiro atoms. The van der Waals surface area contributed by atoms with Gasteiger partial charge >= 0.3 is 0 Å². The Morgan fingerprint density at radius 3 is 1.71 bits per heavy atom. The Hall–Kier alpha value is -0.794. The van der Waals surface area contributed by atoms with Gasteiger partial charge in [0.25, 0.3) is 0 Å². The second kappa shape index (κ2) is 8.32. The van der Waals surface area contributed by atoms with Gasteiger partial charge in [0.15, 0.2) is 0 Å². The first kappa shape index (κ1) is 16.2. The Labute approximate surface area is 116 Å². The Morgan fingerprint density at radius 2 is 1.41 bits per heavy atom. The molecule has 101 valence electrons. The summed E-state index contributed by atoms with van der Waals surface area (Å²) in [6.07, 6.45) is 0. The van der Waals surface area contributed by atoms with Gasteiger partial charge in [-0.3, -0.25) is 0 Å². The fourth-order valence-corrected chi connectivity index (χ4v) is 1.82. The van der Waals surface area contributed by atoms with E-state index in [4.69, 9.17) is 0 Å². The first-order valence-electron chi connectivity index (χ1n) is 6.05. The monoisotopic (exact) mass is 273 g/mol. The maximum atomic E-state index is 2.25. The third-order valence-corrected chi connectivity index (χ3v) is 2.68. The molecule has 0 nitrogen and oxygen atoms in total. The van der Waals surface area contributed by atoms with Crippen LogP contribution in [0.4, 0.5) is 0 Å². The molecule has 1 heteroatoms. The molecule has 2 rings (SSSR count). The molecule has 1 radical (unpaired) electrons. The van der Waals surface area contributed by atoms with Crippen LogP contribution >= 0.6 is 0 Å². The summed E-state index contributed by atoms with van der Waals surface area (Å²) in [4.78, 5) is 0. The molecule has 0 fully saturated rings. The molecule has 0 aliphatic rings. The average molecular weight is 273 g/mol. The predicted octanol–water partition coefficient (Wildman–Crippen LogP) is 5.06. The fourth-order valence-electron chi connectivity index (χ4n) is 1.82. The minimum absolute atomic E-state index is 0. The van der Waals surface area contributed by atoms with Gasteiger partial charge in [-0.15, -0.1) is 0 Å². The van der Waals surface area contributed by atoms with Crippen molar-refractivity contribution >= 4 is 0 Å². The van der Waals surface area contributed by atoms with Gasteiger partial charge in [-0.05, 0) is 5.92 Å². The zero-order valence-electron chi connectivity index (χ0n) is 11.1. The topological polar surface area (TPSA) is 0 Å². The summed E-state index contributed by atoms with van der Waals surface area (Å²) >= 11 is 0. The van der Waals surface area contributed by atoms with Gasteiger partial charge in [-0.2, -0.15) is 17.2 Å². The van der Waals surface area contributed by atoms with E-state index in [1.165, 1.54) is 11.1 Å². The van der Waals surface area contributed by atoms with Crippen molar-refractivity contribution in [1.29, 1.82) is 0 Å². The van der Waals surface area contributed by atoms with Crippen LogP contribution in [0.15, 0.2) is 48.5 Å². The van der Waals surface area contributed by atoms with Crippen molar-refractivity contribution in [2.24, 2.45) is 0 Å². The molecule has 0 amide bonds. The van der Waals surface area contributed by atoms with Crippen LogP contribution in [0.1, 0.15) is 50.7 Å². The van der Waals surface area contributed by atoms with Crippen LogP contribution in [0.5, 0.6) is 0 Å². The first-order chi connectivity index (χ1) is 7.63. The minimum atomic E-state index is 0. The van der Waals surface area contributed by atoms with Gasteiger partial charge in [-0.25, -0.2) is 12.1 Å². The molecule has 0 aromatic heterocycles. The van der Waals surface area contributed by atoms with Crippen LogP contribution in [-0.4, -0.2) is 0 Å². The summed E-state index contributed by atoms with van der Waals surface area (Å²) in [7, 11) is 0. The number of hydrogen-bond acceptors (Lipinski definition) is 0. The summed E-state index contributed by atoms with van der Waals surface area (Å²) in [5.74, 6) is 1.34. The molecule has 17 heavy (non-hydrogen) atoms. The third-order valence-electron chi connectivity index (χ3n) is 2.68. The Bertz CT molecular complexity index is 326. The van der Waals surface area contributed by atoms with Crippen LogP contribution in [0.3, 0.4) is 0 Å². The molecule has 0 unspecified atom stereocenters. The van der Waals surface area contributed by atoms with E-state index in [2.05, 4.69) is 45.9 Å². The summed E-state index contributed by atoms with van der Waals surface area (Å²) in [5.41, 5.74) is 3.03. The number of hydrogen-bond donors (Lipinski definition) is 0. The zero-order valence-corrected chi connectivity index (χ0v) is 12.1. The number of rotatable bonds is 2. The van der Waals surface area contributed by atoms with Crippen LogP contribution in [-0.2, 0) is 16.8 Å². The largest absolute Gasteiger partial charge is 0.748 e. The van der Waals surface area contributed by atoms with Crippen molar-refractivity contribution in [1.82, 2.24) is 0 Å². The molecule has 0 N–H and O–H groups in total. The molecule has 2 aromatic carbocycles. The standard InChI is InChI=1S/C11H17.C5H5.Co/c1-8(2)10-6-5-7-11(10)9(3)4;1-2-4-5-3-1;/h5-9H,1-4H3;1-5H;/q-1;-5;. The van der Waals surface area contributed by atoms with E-state index in [-0.39, 0.29) is 16.8 Å². The Morgan fingerprint density at radius 1 is 0.941 bits per heavy atom. The van der Waals surface area contributed by atoms with E-state index in [0.29, 0.717) is 11.8 Å². The molecule has 0 saturated heterocycles. The predicted molar refractivity (Wildman–Crippen MR) is 72.2 cm³/mol. The minimum Gasteiger partial charge on any atom is -0.748 e. The van der Waals surface area contributed by atoms with Gasteiger partial charge in [0.1, 0.15) is 0 Å². The van der Waals surface area contributed by atoms with Gasteiger partial charge in [0, 0.05) is 16.8 Å². The van der Waals surface area contributed by atoms with Gasteiger partial charge in [0.2, 0.25) is 0 Å². The van der Waals surface area contributed by atoms with E-state index < -0.39 is 0 Å². The summed E-state index contributed by atoms with van der Waals surface area (Å²) < 4.78 is 0. The first-order valence-corrected chi connectivity index (χ1v) is 6.05. The second-order valence-corrected chi connectivity index (χ2v) is 4.71. The van der Waals surface area contributed by atoms with E-state index in [1.807, 2.05) is 30.3 Å². The van der Waals surface area contributed by atoms with Gasteiger partial charge in [0.05, 0.1) is 0 Å². The molecular formula is C16H22Co-6. The summed E-state index contributed by atoms with van der Waals surface area (Å²) in [6, 6.07) is 16.6. The van der Waals surface area contributed by atoms with Crippen LogP contribution in [0.25, 0.3) is 0 Å². The molecule has 0 aliphatic heterocycles. The smallest absolute Gasteiger partial charge is 0 e. The molecule has 0 atom stereocenters. The van der Waals surface area contributed by atoms with Crippen molar-refractivity contribution in [3.63, 3.8) is 0 Å². The maximum Gasteiger partial charge on any atom is 0 e. The summed E-state index contributed by atoms with van der Waals surface area (Å²) in [6.45, 7) is 9.00. The molecule has 2 aromatic rings. The van der Waals surface area contributed by atoms with Gasteiger partial charge in [-0.1, -0.05) is 33.6 Å². The molecular weight excluding hydrogens is 251 g/mol. The molecule has 0 heterocycles. The van der Waals surface area contributed by atoms with E-state index >= 15 is 0 Å². The molecule has 0 bridgehead atoms. The van der Waals surface area contributed by atoms with E-state index in [0.717, 1.165) is 0 Å². The van der Waals surface area contributed by atoms with Gasteiger partial charge < -0.3 is 30.3 Å². The fraction of sp³-hybridized carbons (Fsp3) is 0.375. The molecule has 0 saturated carbocycles. The van der Waals surface area contributed by atoms with E-state index in [9.17, 15) is 0 Å². The quantitative estimate of drug-likeness (QED) is 0.671. The van der Waals surface area contributed by atoms with Crippen molar-refractivity contribution in [2.75, 3.05) is 0 Å². The van der Waals surface area contributed by atoms with Crippen LogP contribution in [0.2, 0.25) is 0 Å². The van der Waals surface area contributed by atoms with Crippen molar-refractivity contribution in [2.45, 2.75) is 39.5 Å². The average Bonchev–Trinajstić information content (AvgIpc) is 2.92. The van der Waals surface area contributed by atoms with Crippen molar-refractivity contribution in [3.05, 3.63) is 59.7 Å². The Kier molecular flexibility index (Phi) is 7.93. The van der Waals surface area contributed by atoms with Crippen LogP contribution in [0, 0.1) is 0 Å². The molecule has 0 aliphatic carbocycles. The van der Waals surface area contributed by atoms with Crippen LogP contribution < -0.4 is 0 Å². The third kappa shape index (κ3) is 5.38. The van der Waals surface area contributed by atoms with E-state index in [1.54, 1.807) is 0 Å². The Balaban J connectivity index is 0.000000360. The van der Waals surface area contributed by atoms with Crippen molar-refractivity contribution in [3.8, 4) is 0 Å². The zero-order chi connectivity index (χ0) is 12.0. The normalized spacial score (nSPS) is 9.76. The second-order valence-electron chi connectivity index (χ2n) is 4.71. The maximum absolute atomic E-state index is 2.25.